The molecule has 4 aromatic rings. The van der Waals surface area contributed by atoms with E-state index in [0.717, 1.165) is 27.3 Å². The number of thiophene rings is 1. The summed E-state index contributed by atoms with van der Waals surface area (Å²) in [4.78, 5) is 8.63. The van der Waals surface area contributed by atoms with E-state index in [1.165, 1.54) is 21.8 Å². The number of aromatic amines is 1. The molecule has 7 nitrogen and oxygen atoms in total. The average molecular weight is 417 g/mol. The molecule has 3 aromatic heterocycles. The van der Waals surface area contributed by atoms with Crippen LogP contribution in [0, 0.1) is 6.92 Å². The van der Waals surface area contributed by atoms with Crippen molar-refractivity contribution in [3.8, 4) is 10.6 Å². The molecule has 0 unspecified atom stereocenters. The second-order valence-corrected chi connectivity index (χ2v) is 9.65. The minimum absolute atomic E-state index is 0.293. The van der Waals surface area contributed by atoms with Crippen molar-refractivity contribution in [2.75, 3.05) is 13.1 Å². The van der Waals surface area contributed by atoms with Gasteiger partial charge in [0.15, 0.2) is 5.76 Å². The van der Waals surface area contributed by atoms with Crippen LogP contribution in [0.15, 0.2) is 51.3 Å². The molecular weight excluding hydrogens is 396 g/mol. The van der Waals surface area contributed by atoms with Gasteiger partial charge in [-0.05, 0) is 30.7 Å². The number of hydrogen-bond acceptors (Lipinski definition) is 6. The Labute approximate surface area is 167 Å². The maximum atomic E-state index is 13.1. The number of imidazole rings is 1. The summed E-state index contributed by atoms with van der Waals surface area (Å²) in [5.41, 5.74) is 2.99. The van der Waals surface area contributed by atoms with Gasteiger partial charge in [-0.2, -0.15) is 4.31 Å². The van der Waals surface area contributed by atoms with Crippen molar-refractivity contribution in [3.05, 3.63) is 54.0 Å². The van der Waals surface area contributed by atoms with E-state index in [0.29, 0.717) is 29.5 Å². The predicted molar refractivity (Wildman–Crippen MR) is 109 cm³/mol. The van der Waals surface area contributed by atoms with Crippen LogP contribution < -0.4 is 0 Å². The van der Waals surface area contributed by atoms with E-state index in [-0.39, 0.29) is 0 Å². The number of nitrogens with zero attached hydrogens (tertiary/aromatic N) is 3. The number of likely N-dealkylation sites (N-methyl/N-ethyl adjacent to an activating group) is 1. The summed E-state index contributed by atoms with van der Waals surface area (Å²) < 4.78 is 33.0. The molecule has 0 spiro atoms. The second kappa shape index (κ2) is 7.50. The maximum Gasteiger partial charge on any atom is 0.252 e. The minimum Gasteiger partial charge on any atom is -0.355 e. The largest absolute Gasteiger partial charge is 0.355 e. The second-order valence-electron chi connectivity index (χ2n) is 6.40. The zero-order valence-corrected chi connectivity index (χ0v) is 17.2. The van der Waals surface area contributed by atoms with Crippen molar-refractivity contribution in [3.63, 3.8) is 0 Å². The van der Waals surface area contributed by atoms with Gasteiger partial charge in [-0.15, -0.1) is 11.3 Å². The number of aryl methyl sites for hydroxylation is 1. The summed E-state index contributed by atoms with van der Waals surface area (Å²) in [6, 6.07) is 11.0. The molecule has 0 aliphatic rings. The Morgan fingerprint density at radius 3 is 2.79 bits per heavy atom. The van der Waals surface area contributed by atoms with Crippen LogP contribution in [0.1, 0.15) is 18.3 Å². The summed E-state index contributed by atoms with van der Waals surface area (Å²) in [5.74, 6) is 1.35. The molecule has 0 saturated carbocycles. The van der Waals surface area contributed by atoms with Gasteiger partial charge in [0.2, 0.25) is 0 Å². The fourth-order valence-corrected chi connectivity index (χ4v) is 5.95. The van der Waals surface area contributed by atoms with Crippen LogP contribution in [-0.2, 0) is 16.4 Å². The average Bonchev–Trinajstić information content (AvgIpc) is 3.41. The fourth-order valence-electron chi connectivity index (χ4n) is 3.09. The highest BCUT2D eigenvalue weighted by Gasteiger charge is 2.25. The third kappa shape index (κ3) is 3.48. The molecule has 0 bridgehead atoms. The first-order valence-electron chi connectivity index (χ1n) is 8.94. The van der Waals surface area contributed by atoms with Gasteiger partial charge in [0, 0.05) is 25.6 Å². The van der Waals surface area contributed by atoms with Crippen LogP contribution in [0.2, 0.25) is 0 Å². The Hall–Kier alpha value is -2.49. The molecule has 28 heavy (non-hydrogen) atoms. The topological polar surface area (TPSA) is 92.1 Å². The third-order valence-corrected chi connectivity index (χ3v) is 8.11. The van der Waals surface area contributed by atoms with Gasteiger partial charge in [0.25, 0.3) is 10.0 Å². The van der Waals surface area contributed by atoms with Crippen molar-refractivity contribution in [1.29, 1.82) is 0 Å². The standard InChI is InChI=1S/C19H20N4O3S2/c1-3-23(12-10-17-21-14-6-4-5-13(2)19(14)22-17)28(24,25)18-8-7-16(27-18)15-9-11-20-26-15/h4-9,11H,3,10,12H2,1-2H3,(H,21,22). The number of rotatable bonds is 7. The van der Waals surface area contributed by atoms with Gasteiger partial charge in [0.1, 0.15) is 10.0 Å². The molecule has 0 aliphatic heterocycles. The van der Waals surface area contributed by atoms with E-state index >= 15 is 0 Å². The first-order valence-corrected chi connectivity index (χ1v) is 11.2. The number of benzene rings is 1. The van der Waals surface area contributed by atoms with E-state index in [9.17, 15) is 8.42 Å². The van der Waals surface area contributed by atoms with E-state index in [1.54, 1.807) is 18.2 Å². The quantitative estimate of drug-likeness (QED) is 0.494. The lowest BCUT2D eigenvalue weighted by Gasteiger charge is -2.18. The lowest BCUT2D eigenvalue weighted by atomic mass is 10.2. The molecular formula is C19H20N4O3S2. The Morgan fingerprint density at radius 2 is 2.07 bits per heavy atom. The van der Waals surface area contributed by atoms with Gasteiger partial charge in [0.05, 0.1) is 22.1 Å². The molecule has 3 heterocycles. The van der Waals surface area contributed by atoms with Crippen LogP contribution in [-0.4, -0.2) is 40.9 Å². The third-order valence-electron chi connectivity index (χ3n) is 4.57. The predicted octanol–water partition coefficient (Wildman–Crippen LogP) is 3.84. The molecule has 9 heteroatoms. The van der Waals surface area contributed by atoms with Gasteiger partial charge >= 0.3 is 0 Å². The molecule has 0 fully saturated rings. The molecule has 1 N–H and O–H groups in total. The highest BCUT2D eigenvalue weighted by atomic mass is 32.2. The molecule has 146 valence electrons. The lowest BCUT2D eigenvalue weighted by molar-refractivity contribution is 0.430. The first kappa shape index (κ1) is 18.9. The molecule has 4 rings (SSSR count). The Kier molecular flexibility index (Phi) is 5.05. The van der Waals surface area contributed by atoms with Crippen molar-refractivity contribution < 1.29 is 12.9 Å². The number of fused-ring (bicyclic) bond motifs is 1. The fraction of sp³-hybridized carbons (Fsp3) is 0.263. The molecule has 0 saturated heterocycles. The smallest absolute Gasteiger partial charge is 0.252 e. The summed E-state index contributed by atoms with van der Waals surface area (Å²) in [5, 5.41) is 3.67. The van der Waals surface area contributed by atoms with Gasteiger partial charge in [-0.3, -0.25) is 0 Å². The number of hydrogen-bond donors (Lipinski definition) is 1. The summed E-state index contributed by atoms with van der Waals surface area (Å²) in [7, 11) is -3.58. The van der Waals surface area contributed by atoms with Crippen LogP contribution in [0.3, 0.4) is 0 Å². The first-order chi connectivity index (χ1) is 13.5. The van der Waals surface area contributed by atoms with Gasteiger partial charge < -0.3 is 9.51 Å². The van der Waals surface area contributed by atoms with Crippen molar-refractivity contribution >= 4 is 32.4 Å². The normalized spacial score (nSPS) is 12.2. The van der Waals surface area contributed by atoms with E-state index in [2.05, 4.69) is 15.1 Å². The van der Waals surface area contributed by atoms with Crippen LogP contribution >= 0.6 is 11.3 Å². The Bertz CT molecular complexity index is 1190. The van der Waals surface area contributed by atoms with Crippen molar-refractivity contribution in [2.24, 2.45) is 0 Å². The minimum atomic E-state index is -3.58. The summed E-state index contributed by atoms with van der Waals surface area (Å²) in [6.07, 6.45) is 2.05. The highest BCUT2D eigenvalue weighted by molar-refractivity contribution is 7.91. The van der Waals surface area contributed by atoms with Crippen molar-refractivity contribution in [1.82, 2.24) is 19.4 Å². The molecule has 1 aromatic carbocycles. The lowest BCUT2D eigenvalue weighted by Crippen LogP contribution is -2.32. The van der Waals surface area contributed by atoms with Crippen LogP contribution in [0.25, 0.3) is 21.7 Å². The van der Waals surface area contributed by atoms with Crippen molar-refractivity contribution in [2.45, 2.75) is 24.5 Å². The summed E-state index contributed by atoms with van der Waals surface area (Å²) >= 11 is 1.18. The van der Waals surface area contributed by atoms with E-state index in [4.69, 9.17) is 4.52 Å². The number of para-hydroxylation sites is 1. The maximum absolute atomic E-state index is 13.1. The zero-order chi connectivity index (χ0) is 19.7. The highest BCUT2D eigenvalue weighted by Crippen LogP contribution is 2.32. The molecule has 0 amide bonds. The number of H-pyrrole nitrogens is 1. The SMILES string of the molecule is CCN(CCc1nc2c(C)cccc2[nH]1)S(=O)(=O)c1ccc(-c2ccno2)s1. The number of sulfonamides is 1. The number of aromatic nitrogens is 3. The zero-order valence-electron chi connectivity index (χ0n) is 15.5. The van der Waals surface area contributed by atoms with E-state index in [1.807, 2.05) is 32.0 Å². The molecule has 0 radical (unpaired) electrons. The number of nitrogens with one attached hydrogen (secondary N) is 1. The Balaban J connectivity index is 1.53. The molecule has 0 aliphatic carbocycles. The van der Waals surface area contributed by atoms with Gasteiger partial charge in [-0.1, -0.05) is 24.2 Å². The van der Waals surface area contributed by atoms with Crippen LogP contribution in [0.5, 0.6) is 0 Å². The van der Waals surface area contributed by atoms with Crippen LogP contribution in [0.4, 0.5) is 0 Å². The summed E-state index contributed by atoms with van der Waals surface area (Å²) in [6.45, 7) is 4.59. The van der Waals surface area contributed by atoms with E-state index < -0.39 is 10.0 Å². The Morgan fingerprint density at radius 1 is 1.21 bits per heavy atom. The van der Waals surface area contributed by atoms with Gasteiger partial charge in [-0.25, -0.2) is 13.4 Å². The monoisotopic (exact) mass is 416 g/mol. The molecule has 0 atom stereocenters.